The Labute approximate surface area is 93.1 Å². The van der Waals surface area contributed by atoms with Gasteiger partial charge in [-0.15, -0.1) is 0 Å². The Morgan fingerprint density at radius 2 is 2.38 bits per heavy atom. The van der Waals surface area contributed by atoms with Gasteiger partial charge in [0.2, 0.25) is 0 Å². The maximum atomic E-state index is 5.88. The molecule has 0 atom stereocenters. The molecule has 0 amide bonds. The highest BCUT2D eigenvalue weighted by atomic mass is 15.3. The standard InChI is InChI=1S/C9H15N7/c1-6-8(10)9(16(2)15-6)11-4-3-7-12-5-13-14-7/h5,11H,3-4,10H2,1-2H3,(H,12,13,14). The van der Waals surface area contributed by atoms with Gasteiger partial charge in [-0.1, -0.05) is 0 Å². The number of nitrogens with one attached hydrogen (secondary N) is 2. The van der Waals surface area contributed by atoms with E-state index in [9.17, 15) is 0 Å². The van der Waals surface area contributed by atoms with E-state index in [0.29, 0.717) is 5.69 Å². The summed E-state index contributed by atoms with van der Waals surface area (Å²) >= 11 is 0. The number of anilines is 2. The minimum Gasteiger partial charge on any atom is -0.394 e. The van der Waals surface area contributed by atoms with E-state index in [1.807, 2.05) is 14.0 Å². The Balaban J connectivity index is 1.95. The predicted octanol–water partition coefficient (Wildman–Crippen LogP) is 0.0834. The lowest BCUT2D eigenvalue weighted by molar-refractivity contribution is 0.755. The van der Waals surface area contributed by atoms with Gasteiger partial charge in [0.05, 0.1) is 11.4 Å². The number of nitrogen functional groups attached to an aromatic ring is 1. The average Bonchev–Trinajstić information content (AvgIpc) is 2.82. The maximum absolute atomic E-state index is 5.88. The van der Waals surface area contributed by atoms with Crippen molar-refractivity contribution < 1.29 is 0 Å². The number of aromatic nitrogens is 5. The molecule has 0 saturated heterocycles. The Kier molecular flexibility index (Phi) is 2.76. The average molecular weight is 221 g/mol. The van der Waals surface area contributed by atoms with Crippen LogP contribution in [0.5, 0.6) is 0 Å². The van der Waals surface area contributed by atoms with E-state index in [1.54, 1.807) is 4.68 Å². The molecule has 0 saturated carbocycles. The molecule has 2 aromatic heterocycles. The Bertz CT molecular complexity index is 456. The van der Waals surface area contributed by atoms with Crippen LogP contribution >= 0.6 is 0 Å². The molecule has 16 heavy (non-hydrogen) atoms. The van der Waals surface area contributed by atoms with Crippen LogP contribution < -0.4 is 11.1 Å². The molecular formula is C9H15N7. The Morgan fingerprint density at radius 3 is 2.94 bits per heavy atom. The van der Waals surface area contributed by atoms with Crippen LogP contribution in [-0.2, 0) is 13.5 Å². The van der Waals surface area contributed by atoms with Crippen LogP contribution in [0, 0.1) is 6.92 Å². The van der Waals surface area contributed by atoms with Crippen molar-refractivity contribution in [2.75, 3.05) is 17.6 Å². The maximum Gasteiger partial charge on any atom is 0.147 e. The summed E-state index contributed by atoms with van der Waals surface area (Å²) in [6.45, 7) is 2.62. The minimum atomic E-state index is 0.695. The molecule has 0 aliphatic carbocycles. The van der Waals surface area contributed by atoms with E-state index in [4.69, 9.17) is 5.73 Å². The highest BCUT2D eigenvalue weighted by Crippen LogP contribution is 2.20. The molecule has 4 N–H and O–H groups in total. The summed E-state index contributed by atoms with van der Waals surface area (Å²) in [6.07, 6.45) is 2.27. The first kappa shape index (κ1) is 10.5. The summed E-state index contributed by atoms with van der Waals surface area (Å²) in [5, 5.41) is 14.0. The molecule has 0 bridgehead atoms. The Hall–Kier alpha value is -2.05. The van der Waals surface area contributed by atoms with Gasteiger partial charge in [-0.2, -0.15) is 10.2 Å². The first-order valence-corrected chi connectivity index (χ1v) is 5.05. The Morgan fingerprint density at radius 1 is 1.56 bits per heavy atom. The van der Waals surface area contributed by atoms with E-state index < -0.39 is 0 Å². The number of aromatic amines is 1. The third-order valence-corrected chi connectivity index (χ3v) is 2.39. The van der Waals surface area contributed by atoms with Gasteiger partial charge in [-0.05, 0) is 6.92 Å². The fourth-order valence-electron chi connectivity index (χ4n) is 1.53. The molecule has 86 valence electrons. The zero-order chi connectivity index (χ0) is 11.5. The molecule has 2 aromatic rings. The lowest BCUT2D eigenvalue weighted by atomic mass is 10.3. The second kappa shape index (κ2) is 4.21. The van der Waals surface area contributed by atoms with Crippen LogP contribution in [0.2, 0.25) is 0 Å². The van der Waals surface area contributed by atoms with Crippen LogP contribution in [0.25, 0.3) is 0 Å². The second-order valence-electron chi connectivity index (χ2n) is 3.58. The van der Waals surface area contributed by atoms with Gasteiger partial charge in [-0.25, -0.2) is 4.98 Å². The van der Waals surface area contributed by atoms with Crippen molar-refractivity contribution in [3.63, 3.8) is 0 Å². The number of nitrogens with zero attached hydrogens (tertiary/aromatic N) is 4. The molecule has 0 spiro atoms. The molecule has 7 nitrogen and oxygen atoms in total. The van der Waals surface area contributed by atoms with Gasteiger partial charge in [0.1, 0.15) is 18.0 Å². The summed E-state index contributed by atoms with van der Waals surface area (Å²) in [5.74, 6) is 1.70. The quantitative estimate of drug-likeness (QED) is 0.679. The van der Waals surface area contributed by atoms with Crippen molar-refractivity contribution in [3.8, 4) is 0 Å². The van der Waals surface area contributed by atoms with Gasteiger partial charge >= 0.3 is 0 Å². The molecule has 2 rings (SSSR count). The van der Waals surface area contributed by atoms with E-state index in [-0.39, 0.29) is 0 Å². The lowest BCUT2D eigenvalue weighted by Crippen LogP contribution is -2.10. The first-order valence-electron chi connectivity index (χ1n) is 5.05. The predicted molar refractivity (Wildman–Crippen MR) is 60.9 cm³/mol. The zero-order valence-electron chi connectivity index (χ0n) is 9.36. The summed E-state index contributed by atoms with van der Waals surface area (Å²) < 4.78 is 1.74. The molecule has 2 heterocycles. The monoisotopic (exact) mass is 221 g/mol. The molecule has 0 unspecified atom stereocenters. The van der Waals surface area contributed by atoms with Gasteiger partial charge in [0.25, 0.3) is 0 Å². The van der Waals surface area contributed by atoms with Crippen LogP contribution in [0.3, 0.4) is 0 Å². The topological polar surface area (TPSA) is 97.4 Å². The van der Waals surface area contributed by atoms with Crippen LogP contribution in [0.1, 0.15) is 11.5 Å². The zero-order valence-corrected chi connectivity index (χ0v) is 9.36. The van der Waals surface area contributed by atoms with Crippen molar-refractivity contribution in [2.24, 2.45) is 7.05 Å². The molecule has 0 aliphatic heterocycles. The van der Waals surface area contributed by atoms with Gasteiger partial charge < -0.3 is 11.1 Å². The smallest absolute Gasteiger partial charge is 0.147 e. The number of nitrogens with two attached hydrogens (primary N) is 1. The van der Waals surface area contributed by atoms with Crippen molar-refractivity contribution in [3.05, 3.63) is 17.8 Å². The summed E-state index contributed by atoms with van der Waals surface area (Å²) in [6, 6.07) is 0. The molecule has 0 fully saturated rings. The second-order valence-corrected chi connectivity index (χ2v) is 3.58. The number of hydrogen-bond donors (Lipinski definition) is 3. The molecule has 0 aromatic carbocycles. The number of hydrogen-bond acceptors (Lipinski definition) is 5. The highest BCUT2D eigenvalue weighted by molar-refractivity contribution is 5.64. The number of rotatable bonds is 4. The number of aryl methyl sites for hydroxylation is 2. The molecule has 0 aliphatic rings. The third kappa shape index (κ3) is 1.97. The van der Waals surface area contributed by atoms with Gasteiger partial charge in [-0.3, -0.25) is 9.78 Å². The van der Waals surface area contributed by atoms with E-state index in [2.05, 4.69) is 25.6 Å². The van der Waals surface area contributed by atoms with Crippen molar-refractivity contribution in [2.45, 2.75) is 13.3 Å². The van der Waals surface area contributed by atoms with Crippen molar-refractivity contribution in [1.82, 2.24) is 25.0 Å². The SMILES string of the molecule is Cc1nn(C)c(NCCc2ncn[nH]2)c1N. The fourth-order valence-corrected chi connectivity index (χ4v) is 1.53. The molecule has 7 heteroatoms. The highest BCUT2D eigenvalue weighted by Gasteiger charge is 2.08. The summed E-state index contributed by atoms with van der Waals surface area (Å²) in [4.78, 5) is 4.04. The lowest BCUT2D eigenvalue weighted by Gasteiger charge is -2.06. The first-order chi connectivity index (χ1) is 7.68. The normalized spacial score (nSPS) is 10.6. The largest absolute Gasteiger partial charge is 0.394 e. The fraction of sp³-hybridized carbons (Fsp3) is 0.444. The van der Waals surface area contributed by atoms with Crippen molar-refractivity contribution >= 4 is 11.5 Å². The van der Waals surface area contributed by atoms with Crippen LogP contribution in [0.4, 0.5) is 11.5 Å². The molecule has 0 radical (unpaired) electrons. The van der Waals surface area contributed by atoms with E-state index in [0.717, 1.165) is 30.3 Å². The van der Waals surface area contributed by atoms with E-state index in [1.165, 1.54) is 6.33 Å². The third-order valence-electron chi connectivity index (χ3n) is 2.39. The van der Waals surface area contributed by atoms with E-state index >= 15 is 0 Å². The minimum absolute atomic E-state index is 0.695. The van der Waals surface area contributed by atoms with Gasteiger partial charge in [0, 0.05) is 20.0 Å². The molecular weight excluding hydrogens is 206 g/mol. The van der Waals surface area contributed by atoms with Crippen LogP contribution in [-0.4, -0.2) is 31.5 Å². The van der Waals surface area contributed by atoms with Crippen molar-refractivity contribution in [1.29, 1.82) is 0 Å². The summed E-state index contributed by atoms with van der Waals surface area (Å²) in [7, 11) is 1.86. The van der Waals surface area contributed by atoms with Crippen LogP contribution in [0.15, 0.2) is 6.33 Å². The summed E-state index contributed by atoms with van der Waals surface area (Å²) in [5.41, 5.74) is 7.41. The number of H-pyrrole nitrogens is 1. The van der Waals surface area contributed by atoms with Gasteiger partial charge in [0.15, 0.2) is 0 Å².